The van der Waals surface area contributed by atoms with Crippen LogP contribution < -0.4 is 0 Å². The molecule has 1 heterocycles. The van der Waals surface area contributed by atoms with E-state index in [9.17, 15) is 8.42 Å². The van der Waals surface area contributed by atoms with E-state index in [4.69, 9.17) is 4.84 Å². The van der Waals surface area contributed by atoms with Gasteiger partial charge in [0.05, 0.1) is 4.90 Å². The predicted octanol–water partition coefficient (Wildman–Crippen LogP) is 2.84. The van der Waals surface area contributed by atoms with Crippen LogP contribution in [0.5, 0.6) is 0 Å². The molecule has 4 nitrogen and oxygen atoms in total. The summed E-state index contributed by atoms with van der Waals surface area (Å²) in [6.07, 6.45) is 5.54. The highest BCUT2D eigenvalue weighted by Gasteiger charge is 2.51. The van der Waals surface area contributed by atoms with Crippen molar-refractivity contribution in [1.82, 2.24) is 4.47 Å². The Morgan fingerprint density at radius 2 is 1.74 bits per heavy atom. The van der Waals surface area contributed by atoms with Crippen LogP contribution in [0.2, 0.25) is 0 Å². The molecular formula is C14H19NO3S. The fourth-order valence-electron chi connectivity index (χ4n) is 2.76. The number of benzene rings is 1. The zero-order valence-corrected chi connectivity index (χ0v) is 11.9. The minimum Gasteiger partial charge on any atom is -0.258 e. The van der Waals surface area contributed by atoms with E-state index >= 15 is 0 Å². The molecular weight excluding hydrogens is 262 g/mol. The SMILES string of the molecule is Cc1ccc(S(=O)(=O)N2O[C@@H]2C2CCCCC2)cc1. The highest BCUT2D eigenvalue weighted by Crippen LogP contribution is 2.40. The fourth-order valence-corrected chi connectivity index (χ4v) is 4.10. The van der Waals surface area contributed by atoms with E-state index in [0.29, 0.717) is 10.8 Å². The molecule has 1 unspecified atom stereocenters. The first-order valence-corrected chi connectivity index (χ1v) is 8.31. The molecule has 1 saturated carbocycles. The molecule has 2 fully saturated rings. The summed E-state index contributed by atoms with van der Waals surface area (Å²) in [5.41, 5.74) is 1.05. The molecule has 0 radical (unpaired) electrons. The molecule has 5 heteroatoms. The molecule has 0 bridgehead atoms. The molecule has 1 aliphatic carbocycles. The van der Waals surface area contributed by atoms with Crippen molar-refractivity contribution in [2.24, 2.45) is 5.92 Å². The lowest BCUT2D eigenvalue weighted by molar-refractivity contribution is 0.243. The molecule has 2 aliphatic rings. The number of hydrogen-bond donors (Lipinski definition) is 0. The smallest absolute Gasteiger partial charge is 0.258 e. The number of hydroxylamine groups is 1. The van der Waals surface area contributed by atoms with Gasteiger partial charge in [-0.25, -0.2) is 8.42 Å². The molecule has 2 atom stereocenters. The zero-order valence-electron chi connectivity index (χ0n) is 11.1. The van der Waals surface area contributed by atoms with Gasteiger partial charge in [-0.3, -0.25) is 4.84 Å². The van der Waals surface area contributed by atoms with Crippen LogP contribution in [-0.2, 0) is 14.9 Å². The van der Waals surface area contributed by atoms with Gasteiger partial charge in [-0.1, -0.05) is 37.0 Å². The molecule has 0 amide bonds. The van der Waals surface area contributed by atoms with Gasteiger partial charge < -0.3 is 0 Å². The summed E-state index contributed by atoms with van der Waals surface area (Å²) in [7, 11) is -3.47. The van der Waals surface area contributed by atoms with Crippen LogP contribution >= 0.6 is 0 Å². The largest absolute Gasteiger partial charge is 0.267 e. The summed E-state index contributed by atoms with van der Waals surface area (Å²) < 4.78 is 25.9. The number of nitrogens with zero attached hydrogens (tertiary/aromatic N) is 1. The summed E-state index contributed by atoms with van der Waals surface area (Å²) in [5.74, 6) is 0.369. The van der Waals surface area contributed by atoms with Gasteiger partial charge in [0.15, 0.2) is 6.23 Å². The van der Waals surface area contributed by atoms with Crippen molar-refractivity contribution >= 4 is 10.0 Å². The van der Waals surface area contributed by atoms with Crippen LogP contribution in [0.3, 0.4) is 0 Å². The van der Waals surface area contributed by atoms with E-state index in [0.717, 1.165) is 18.4 Å². The Morgan fingerprint density at radius 3 is 2.37 bits per heavy atom. The average molecular weight is 281 g/mol. The lowest BCUT2D eigenvalue weighted by atomic mass is 9.89. The third-order valence-electron chi connectivity index (χ3n) is 3.98. The fraction of sp³-hybridized carbons (Fsp3) is 0.571. The Hall–Kier alpha value is -0.910. The first-order valence-electron chi connectivity index (χ1n) is 6.87. The molecule has 104 valence electrons. The van der Waals surface area contributed by atoms with Gasteiger partial charge >= 0.3 is 0 Å². The lowest BCUT2D eigenvalue weighted by Crippen LogP contribution is -2.21. The van der Waals surface area contributed by atoms with Crippen molar-refractivity contribution in [3.8, 4) is 0 Å². The van der Waals surface area contributed by atoms with E-state index in [2.05, 4.69) is 0 Å². The molecule has 0 N–H and O–H groups in total. The summed E-state index contributed by atoms with van der Waals surface area (Å²) >= 11 is 0. The highest BCUT2D eigenvalue weighted by molar-refractivity contribution is 7.89. The third kappa shape index (κ3) is 2.55. The van der Waals surface area contributed by atoms with Gasteiger partial charge in [0.25, 0.3) is 10.0 Å². The molecule has 1 aromatic carbocycles. The van der Waals surface area contributed by atoms with Crippen molar-refractivity contribution in [3.63, 3.8) is 0 Å². The quantitative estimate of drug-likeness (QED) is 0.800. The van der Waals surface area contributed by atoms with Crippen molar-refractivity contribution in [2.75, 3.05) is 0 Å². The maximum atomic E-state index is 12.4. The zero-order chi connectivity index (χ0) is 13.5. The van der Waals surface area contributed by atoms with Gasteiger partial charge in [0.1, 0.15) is 0 Å². The van der Waals surface area contributed by atoms with E-state index < -0.39 is 10.0 Å². The molecule has 1 aromatic rings. The molecule has 3 rings (SSSR count). The Labute approximate surface area is 114 Å². The van der Waals surface area contributed by atoms with Gasteiger partial charge in [-0.15, -0.1) is 0 Å². The van der Waals surface area contributed by atoms with Gasteiger partial charge in [-0.2, -0.15) is 0 Å². The van der Waals surface area contributed by atoms with Crippen LogP contribution in [0, 0.1) is 12.8 Å². The number of rotatable bonds is 3. The second-order valence-corrected chi connectivity index (χ2v) is 7.25. The number of aryl methyl sites for hydroxylation is 1. The third-order valence-corrected chi connectivity index (χ3v) is 5.62. The maximum absolute atomic E-state index is 12.4. The molecule has 1 saturated heterocycles. The van der Waals surface area contributed by atoms with Crippen LogP contribution in [0.15, 0.2) is 29.2 Å². The van der Waals surface area contributed by atoms with E-state index in [1.165, 1.54) is 23.7 Å². The Morgan fingerprint density at radius 1 is 1.11 bits per heavy atom. The van der Waals surface area contributed by atoms with Crippen LogP contribution in [0.4, 0.5) is 0 Å². The van der Waals surface area contributed by atoms with Crippen LogP contribution in [0.25, 0.3) is 0 Å². The van der Waals surface area contributed by atoms with E-state index in [-0.39, 0.29) is 6.23 Å². The van der Waals surface area contributed by atoms with Crippen molar-refractivity contribution in [2.45, 2.75) is 50.2 Å². The molecule has 1 aliphatic heterocycles. The maximum Gasteiger partial charge on any atom is 0.267 e. The molecule has 0 aromatic heterocycles. The Balaban J connectivity index is 1.74. The lowest BCUT2D eigenvalue weighted by Gasteiger charge is -2.18. The van der Waals surface area contributed by atoms with E-state index in [1.54, 1.807) is 12.1 Å². The van der Waals surface area contributed by atoms with E-state index in [1.807, 2.05) is 19.1 Å². The summed E-state index contributed by atoms with van der Waals surface area (Å²) in [6, 6.07) is 6.91. The summed E-state index contributed by atoms with van der Waals surface area (Å²) in [6.45, 7) is 1.94. The summed E-state index contributed by atoms with van der Waals surface area (Å²) in [4.78, 5) is 5.67. The minimum absolute atomic E-state index is 0.230. The second-order valence-electron chi connectivity index (χ2n) is 5.47. The van der Waals surface area contributed by atoms with Crippen molar-refractivity contribution in [3.05, 3.63) is 29.8 Å². The topological polar surface area (TPSA) is 49.7 Å². The highest BCUT2D eigenvalue weighted by atomic mass is 32.2. The van der Waals surface area contributed by atoms with Gasteiger partial charge in [0, 0.05) is 5.92 Å². The first-order chi connectivity index (χ1) is 9.09. The average Bonchev–Trinajstić information content (AvgIpc) is 3.21. The van der Waals surface area contributed by atoms with Gasteiger partial charge in [-0.05, 0) is 36.4 Å². The molecule has 0 spiro atoms. The normalized spacial score (nSPS) is 28.3. The minimum atomic E-state index is -3.47. The molecule has 19 heavy (non-hydrogen) atoms. The Bertz CT molecular complexity index is 547. The summed E-state index contributed by atoms with van der Waals surface area (Å²) in [5, 5.41) is 0. The van der Waals surface area contributed by atoms with Gasteiger partial charge in [0.2, 0.25) is 0 Å². The van der Waals surface area contributed by atoms with Crippen LogP contribution in [-0.4, -0.2) is 19.1 Å². The number of hydrogen-bond acceptors (Lipinski definition) is 3. The van der Waals surface area contributed by atoms with Crippen LogP contribution in [0.1, 0.15) is 37.7 Å². The van der Waals surface area contributed by atoms with Crippen molar-refractivity contribution in [1.29, 1.82) is 0 Å². The second kappa shape index (κ2) is 4.89. The monoisotopic (exact) mass is 281 g/mol. The Kier molecular flexibility index (Phi) is 3.37. The number of sulfonamides is 1. The standard InChI is InChI=1S/C14H19NO3S/c1-11-7-9-13(10-8-11)19(16,17)15-14(18-15)12-5-3-2-4-6-12/h7-10,12,14H,2-6H2,1H3/t14-,15?/m1/s1. The first kappa shape index (κ1) is 13.1. The van der Waals surface area contributed by atoms with Crippen molar-refractivity contribution < 1.29 is 13.3 Å². The predicted molar refractivity (Wildman–Crippen MR) is 71.7 cm³/mol.